The summed E-state index contributed by atoms with van der Waals surface area (Å²) in [5.74, 6) is 0. The molecule has 0 fully saturated rings. The van der Waals surface area contributed by atoms with Gasteiger partial charge in [0.25, 0.3) is 0 Å². The highest BCUT2D eigenvalue weighted by Gasteiger charge is 2.51. The number of para-hydroxylation sites is 2. The van der Waals surface area contributed by atoms with Crippen LogP contribution >= 0.6 is 0 Å². The molecule has 0 saturated heterocycles. The summed E-state index contributed by atoms with van der Waals surface area (Å²) in [7, 11) is 0. The average molecular weight is 356 g/mol. The highest BCUT2D eigenvalue weighted by molar-refractivity contribution is 5.73. The van der Waals surface area contributed by atoms with Gasteiger partial charge >= 0.3 is 0 Å². The maximum absolute atomic E-state index is 2.42. The van der Waals surface area contributed by atoms with Crippen LogP contribution in [-0.4, -0.2) is 16.4 Å². The lowest BCUT2D eigenvalue weighted by Crippen LogP contribution is -2.42. The molecule has 1 unspecified atom stereocenters. The normalized spacial score (nSPS) is 20.9. The van der Waals surface area contributed by atoms with Crippen LogP contribution in [0.2, 0.25) is 0 Å². The zero-order valence-corrected chi connectivity index (χ0v) is 16.3. The minimum atomic E-state index is -0.0176. The monoisotopic (exact) mass is 355 g/mol. The molecule has 136 valence electrons. The summed E-state index contributed by atoms with van der Waals surface area (Å²) >= 11 is 0. The van der Waals surface area contributed by atoms with Crippen molar-refractivity contribution in [1.82, 2.24) is 0 Å². The molecule has 4 rings (SSSR count). The molecule has 0 N–H and O–H groups in total. The van der Waals surface area contributed by atoms with Crippen molar-refractivity contribution >= 4 is 17.6 Å². The number of rotatable bonds is 4. The molecular weight excluding hydrogens is 328 g/mol. The van der Waals surface area contributed by atoms with E-state index in [2.05, 4.69) is 128 Å². The Morgan fingerprint density at radius 2 is 1.11 bits per heavy atom. The van der Waals surface area contributed by atoms with Gasteiger partial charge in [-0.25, -0.2) is 0 Å². The van der Waals surface area contributed by atoms with E-state index in [1.54, 1.807) is 0 Å². The van der Waals surface area contributed by atoms with Gasteiger partial charge in [-0.15, -0.1) is 9.69 Å². The second kappa shape index (κ2) is 6.70. The topological polar surface area (TPSA) is 6.25 Å². The summed E-state index contributed by atoms with van der Waals surface area (Å²) in [5.41, 5.74) is 3.68. The Kier molecular flexibility index (Phi) is 4.35. The van der Waals surface area contributed by atoms with Crippen LogP contribution in [-0.2, 0) is 5.41 Å². The average Bonchev–Trinajstić information content (AvgIpc) is 2.94. The molecule has 2 nitrogen and oxygen atoms in total. The van der Waals surface area contributed by atoms with Crippen molar-refractivity contribution in [2.24, 2.45) is 0 Å². The second-order valence-electron chi connectivity index (χ2n) is 8.23. The van der Waals surface area contributed by atoms with Gasteiger partial charge in [0, 0.05) is 20.3 Å². The molecule has 0 bridgehead atoms. The number of nitrogens with zero attached hydrogens (tertiary/aromatic N) is 2. The quantitative estimate of drug-likeness (QED) is 0.523. The van der Waals surface area contributed by atoms with Gasteiger partial charge in [-0.05, 0) is 36.8 Å². The number of benzene rings is 3. The van der Waals surface area contributed by atoms with Crippen molar-refractivity contribution < 1.29 is 4.68 Å². The Balaban J connectivity index is 1.87. The third-order valence-corrected chi connectivity index (χ3v) is 5.48. The highest BCUT2D eigenvalue weighted by Crippen LogP contribution is 2.41. The summed E-state index contributed by atoms with van der Waals surface area (Å²) < 4.78 is 2.42. The van der Waals surface area contributed by atoms with Gasteiger partial charge in [-0.2, -0.15) is 0 Å². The van der Waals surface area contributed by atoms with Crippen LogP contribution < -0.4 is 5.01 Å². The molecule has 1 heterocycles. The molecular formula is C25H27N2+. The predicted molar refractivity (Wildman–Crippen MR) is 114 cm³/mol. The van der Waals surface area contributed by atoms with Crippen molar-refractivity contribution in [2.45, 2.75) is 38.1 Å². The van der Waals surface area contributed by atoms with E-state index in [1.807, 2.05) is 0 Å². The molecule has 2 heteroatoms. The third kappa shape index (κ3) is 3.28. The summed E-state index contributed by atoms with van der Waals surface area (Å²) in [6.07, 6.45) is 3.46. The first-order valence-electron chi connectivity index (χ1n) is 9.61. The maximum atomic E-state index is 2.42. The van der Waals surface area contributed by atoms with Crippen molar-refractivity contribution in [2.75, 3.05) is 5.01 Å². The van der Waals surface area contributed by atoms with Gasteiger partial charge in [0.1, 0.15) is 11.4 Å². The van der Waals surface area contributed by atoms with E-state index < -0.39 is 0 Å². The summed E-state index contributed by atoms with van der Waals surface area (Å²) in [4.78, 5) is 0. The van der Waals surface area contributed by atoms with E-state index in [0.717, 1.165) is 6.42 Å². The van der Waals surface area contributed by atoms with Gasteiger partial charge in [0.05, 0.1) is 5.41 Å². The Morgan fingerprint density at radius 1 is 0.667 bits per heavy atom. The van der Waals surface area contributed by atoms with Crippen LogP contribution in [0.15, 0.2) is 91.0 Å². The van der Waals surface area contributed by atoms with Crippen molar-refractivity contribution in [3.05, 3.63) is 96.6 Å². The molecule has 0 aromatic heterocycles. The Labute approximate surface area is 162 Å². The molecule has 27 heavy (non-hydrogen) atoms. The summed E-state index contributed by atoms with van der Waals surface area (Å²) in [6.45, 7) is 7.01. The number of hydrazine groups is 1. The van der Waals surface area contributed by atoms with E-state index in [-0.39, 0.29) is 11.0 Å². The Hall–Kier alpha value is -2.87. The molecule has 0 aliphatic carbocycles. The van der Waals surface area contributed by atoms with Gasteiger partial charge in [0.2, 0.25) is 0 Å². The van der Waals surface area contributed by atoms with Crippen LogP contribution in [0, 0.1) is 0 Å². The van der Waals surface area contributed by atoms with E-state index in [1.165, 1.54) is 16.9 Å². The molecule has 3 aromatic rings. The minimum absolute atomic E-state index is 0.00737. The predicted octanol–water partition coefficient (Wildman–Crippen LogP) is 5.96. The fourth-order valence-electron chi connectivity index (χ4n) is 4.33. The number of anilines is 2. The summed E-state index contributed by atoms with van der Waals surface area (Å²) in [6, 6.07) is 32.1. The van der Waals surface area contributed by atoms with Crippen molar-refractivity contribution in [3.8, 4) is 0 Å². The van der Waals surface area contributed by atoms with E-state index in [0.29, 0.717) is 0 Å². The Morgan fingerprint density at radius 3 is 1.59 bits per heavy atom. The van der Waals surface area contributed by atoms with Crippen LogP contribution in [0.4, 0.5) is 11.4 Å². The molecule has 1 aliphatic heterocycles. The molecule has 0 radical (unpaired) electrons. The van der Waals surface area contributed by atoms with E-state index >= 15 is 0 Å². The molecule has 0 saturated carbocycles. The maximum Gasteiger partial charge on any atom is 0.187 e. The SMILES string of the molecule is CC1(c2ccccc2)C=[N+](N(c2ccccc2)c2ccccc2)C(C)(C)C1. The Bertz CT molecular complexity index is 890. The molecule has 0 spiro atoms. The fraction of sp³-hybridized carbons (Fsp3) is 0.240. The first kappa shape index (κ1) is 17.5. The van der Waals surface area contributed by atoms with Gasteiger partial charge in [-0.1, -0.05) is 66.7 Å². The van der Waals surface area contributed by atoms with E-state index in [4.69, 9.17) is 0 Å². The lowest BCUT2D eigenvalue weighted by Gasteiger charge is -2.27. The first-order valence-corrected chi connectivity index (χ1v) is 9.61. The lowest BCUT2D eigenvalue weighted by molar-refractivity contribution is -0.592. The zero-order chi connectivity index (χ0) is 18.9. The third-order valence-electron chi connectivity index (χ3n) is 5.48. The smallest absolute Gasteiger partial charge is 0.121 e. The first-order chi connectivity index (χ1) is 13.0. The molecule has 1 aliphatic rings. The van der Waals surface area contributed by atoms with Crippen molar-refractivity contribution in [1.29, 1.82) is 0 Å². The largest absolute Gasteiger partial charge is 0.187 e. The highest BCUT2D eigenvalue weighted by atomic mass is 15.6. The lowest BCUT2D eigenvalue weighted by atomic mass is 9.77. The van der Waals surface area contributed by atoms with Crippen LogP contribution in [0.5, 0.6) is 0 Å². The van der Waals surface area contributed by atoms with E-state index in [9.17, 15) is 0 Å². The van der Waals surface area contributed by atoms with Gasteiger partial charge in [0.15, 0.2) is 11.8 Å². The molecule has 0 amide bonds. The fourth-order valence-corrected chi connectivity index (χ4v) is 4.33. The van der Waals surface area contributed by atoms with Crippen molar-refractivity contribution in [3.63, 3.8) is 0 Å². The van der Waals surface area contributed by atoms with Crippen LogP contribution in [0.3, 0.4) is 0 Å². The van der Waals surface area contributed by atoms with Crippen LogP contribution in [0.1, 0.15) is 32.8 Å². The molecule has 1 atom stereocenters. The second-order valence-corrected chi connectivity index (χ2v) is 8.23. The van der Waals surface area contributed by atoms with Crippen LogP contribution in [0.25, 0.3) is 0 Å². The standard InChI is InChI=1S/C25H27N2/c1-24(2)19-25(3,21-13-7-4-8-14-21)20-26(24)27(22-15-9-5-10-16-22)23-17-11-6-12-18-23/h4-18,20H,19H2,1-3H3/q+1. The summed E-state index contributed by atoms with van der Waals surface area (Å²) in [5, 5.41) is 2.34. The van der Waals surface area contributed by atoms with Gasteiger partial charge < -0.3 is 0 Å². The number of hydrogen-bond acceptors (Lipinski definition) is 1. The number of hydrogen-bond donors (Lipinski definition) is 0. The van der Waals surface area contributed by atoms with Gasteiger partial charge in [-0.3, -0.25) is 0 Å². The number of hydrazone groups is 1. The minimum Gasteiger partial charge on any atom is -0.121 e. The zero-order valence-electron chi connectivity index (χ0n) is 16.3. The molecule has 3 aromatic carbocycles.